The number of rotatable bonds is 3. The monoisotopic (exact) mass is 207 g/mol. The molecule has 1 fully saturated rings. The molecule has 0 aromatic heterocycles. The maximum Gasteiger partial charge on any atom is 0.409 e. The normalized spacial score (nSPS) is 15.3. The number of hydrogen-bond donors (Lipinski definition) is 0. The number of nitrogens with zero attached hydrogens (tertiary/aromatic N) is 1. The van der Waals surface area contributed by atoms with E-state index in [1.165, 1.54) is 0 Å². The molecule has 0 spiro atoms. The maximum absolute atomic E-state index is 11.2. The Labute approximate surface area is 85.8 Å². The predicted octanol–water partition coefficient (Wildman–Crippen LogP) is 2.44. The van der Waals surface area contributed by atoms with Crippen LogP contribution >= 0.6 is 12.4 Å². The number of unbranched alkanes of at least 4 members (excludes halogenated alkanes) is 1. The van der Waals surface area contributed by atoms with Crippen molar-refractivity contribution < 1.29 is 9.53 Å². The van der Waals surface area contributed by atoms with Gasteiger partial charge in [-0.2, -0.15) is 0 Å². The molecule has 1 amide bonds. The Bertz CT molecular complexity index is 147. The summed E-state index contributed by atoms with van der Waals surface area (Å²) in [6, 6.07) is 0. The summed E-state index contributed by atoms with van der Waals surface area (Å²) in [4.78, 5) is 13.0. The first-order valence-electron chi connectivity index (χ1n) is 4.76. The topological polar surface area (TPSA) is 29.5 Å². The molecule has 0 bridgehead atoms. The van der Waals surface area contributed by atoms with E-state index in [1.807, 2.05) is 0 Å². The van der Waals surface area contributed by atoms with Gasteiger partial charge in [0.05, 0.1) is 6.61 Å². The minimum absolute atomic E-state index is 0. The van der Waals surface area contributed by atoms with Gasteiger partial charge in [-0.1, -0.05) is 13.3 Å². The Balaban J connectivity index is 0.00000144. The highest BCUT2D eigenvalue weighted by Gasteiger charge is 2.18. The third-order valence-electron chi connectivity index (χ3n) is 2.09. The van der Waals surface area contributed by atoms with Gasteiger partial charge in [0.15, 0.2) is 0 Å². The molecule has 78 valence electrons. The first-order valence-corrected chi connectivity index (χ1v) is 4.76. The molecule has 1 aliphatic rings. The lowest BCUT2D eigenvalue weighted by molar-refractivity contribution is 0.109. The summed E-state index contributed by atoms with van der Waals surface area (Å²) >= 11 is 0. The second-order valence-electron chi connectivity index (χ2n) is 3.16. The van der Waals surface area contributed by atoms with E-state index in [4.69, 9.17) is 4.74 Å². The summed E-state index contributed by atoms with van der Waals surface area (Å²) in [6.07, 6.45) is 4.18. The highest BCUT2D eigenvalue weighted by atomic mass is 35.5. The summed E-state index contributed by atoms with van der Waals surface area (Å²) in [5.74, 6) is 0. The van der Waals surface area contributed by atoms with Crippen molar-refractivity contribution >= 4 is 18.5 Å². The predicted molar refractivity (Wildman–Crippen MR) is 54.3 cm³/mol. The number of ether oxygens (including phenoxy) is 1. The van der Waals surface area contributed by atoms with E-state index in [2.05, 4.69) is 6.92 Å². The average Bonchev–Trinajstić information content (AvgIpc) is 2.56. The summed E-state index contributed by atoms with van der Waals surface area (Å²) < 4.78 is 5.05. The summed E-state index contributed by atoms with van der Waals surface area (Å²) in [5.41, 5.74) is 0. The minimum atomic E-state index is -0.124. The number of halogens is 1. The van der Waals surface area contributed by atoms with E-state index < -0.39 is 0 Å². The van der Waals surface area contributed by atoms with E-state index in [0.29, 0.717) is 6.61 Å². The van der Waals surface area contributed by atoms with Crippen LogP contribution in [-0.2, 0) is 4.74 Å². The molecular weight excluding hydrogens is 190 g/mol. The number of carbonyl (C=O) groups is 1. The molecule has 1 saturated heterocycles. The van der Waals surface area contributed by atoms with Crippen LogP contribution in [-0.4, -0.2) is 30.7 Å². The van der Waals surface area contributed by atoms with E-state index in [1.54, 1.807) is 4.90 Å². The highest BCUT2D eigenvalue weighted by Crippen LogP contribution is 2.08. The lowest BCUT2D eigenvalue weighted by Gasteiger charge is -2.14. The fourth-order valence-corrected chi connectivity index (χ4v) is 1.29. The Hall–Kier alpha value is -0.440. The van der Waals surface area contributed by atoms with Crippen LogP contribution in [0, 0.1) is 0 Å². The average molecular weight is 208 g/mol. The number of carbonyl (C=O) groups excluding carboxylic acids is 1. The van der Waals surface area contributed by atoms with Gasteiger partial charge < -0.3 is 9.64 Å². The molecule has 1 rings (SSSR count). The lowest BCUT2D eigenvalue weighted by atomic mass is 10.4. The van der Waals surface area contributed by atoms with Gasteiger partial charge in [-0.15, -0.1) is 12.4 Å². The standard InChI is InChI=1S/C9H17NO2.ClH/c1-2-3-8-12-9(11)10-6-4-5-7-10;/h2-8H2,1H3;1H. The molecule has 3 nitrogen and oxygen atoms in total. The molecule has 0 aromatic rings. The third kappa shape index (κ3) is 4.36. The molecule has 13 heavy (non-hydrogen) atoms. The smallest absolute Gasteiger partial charge is 0.409 e. The van der Waals surface area contributed by atoms with E-state index >= 15 is 0 Å². The molecule has 0 N–H and O–H groups in total. The van der Waals surface area contributed by atoms with Crippen LogP contribution in [0.3, 0.4) is 0 Å². The van der Waals surface area contributed by atoms with Gasteiger partial charge in [-0.3, -0.25) is 0 Å². The zero-order valence-electron chi connectivity index (χ0n) is 8.12. The molecule has 0 unspecified atom stereocenters. The van der Waals surface area contributed by atoms with Crippen LogP contribution in [0.1, 0.15) is 32.6 Å². The first-order chi connectivity index (χ1) is 5.84. The molecule has 1 heterocycles. The van der Waals surface area contributed by atoms with Gasteiger partial charge >= 0.3 is 6.09 Å². The summed E-state index contributed by atoms with van der Waals surface area (Å²) in [7, 11) is 0. The van der Waals surface area contributed by atoms with Gasteiger partial charge in [-0.05, 0) is 19.3 Å². The molecule has 0 aliphatic carbocycles. The van der Waals surface area contributed by atoms with Crippen LogP contribution < -0.4 is 0 Å². The van der Waals surface area contributed by atoms with Crippen molar-refractivity contribution in [2.45, 2.75) is 32.6 Å². The van der Waals surface area contributed by atoms with Crippen molar-refractivity contribution in [2.24, 2.45) is 0 Å². The molecule has 0 aromatic carbocycles. The van der Waals surface area contributed by atoms with Crippen molar-refractivity contribution in [2.75, 3.05) is 19.7 Å². The van der Waals surface area contributed by atoms with Crippen LogP contribution in [0.2, 0.25) is 0 Å². The largest absolute Gasteiger partial charge is 0.449 e. The van der Waals surface area contributed by atoms with Crippen molar-refractivity contribution in [3.05, 3.63) is 0 Å². The molecule has 4 heteroatoms. The number of hydrogen-bond acceptors (Lipinski definition) is 2. The van der Waals surface area contributed by atoms with Crippen molar-refractivity contribution in [1.82, 2.24) is 4.90 Å². The zero-order valence-corrected chi connectivity index (χ0v) is 8.94. The molecule has 0 atom stereocenters. The Morgan fingerprint density at radius 2 is 2.00 bits per heavy atom. The van der Waals surface area contributed by atoms with Gasteiger partial charge in [0, 0.05) is 13.1 Å². The summed E-state index contributed by atoms with van der Waals surface area (Å²) in [6.45, 7) is 4.42. The van der Waals surface area contributed by atoms with Gasteiger partial charge in [0.2, 0.25) is 0 Å². The van der Waals surface area contributed by atoms with Crippen LogP contribution in [0.4, 0.5) is 4.79 Å². The van der Waals surface area contributed by atoms with Crippen LogP contribution in [0.15, 0.2) is 0 Å². The Morgan fingerprint density at radius 3 is 2.54 bits per heavy atom. The molecular formula is C9H18ClNO2. The Morgan fingerprint density at radius 1 is 1.38 bits per heavy atom. The second-order valence-corrected chi connectivity index (χ2v) is 3.16. The third-order valence-corrected chi connectivity index (χ3v) is 2.09. The molecule has 0 saturated carbocycles. The van der Waals surface area contributed by atoms with Crippen molar-refractivity contribution in [3.8, 4) is 0 Å². The first kappa shape index (κ1) is 12.6. The number of likely N-dealkylation sites (tertiary alicyclic amines) is 1. The lowest BCUT2D eigenvalue weighted by Crippen LogP contribution is -2.28. The van der Waals surface area contributed by atoms with Gasteiger partial charge in [0.25, 0.3) is 0 Å². The van der Waals surface area contributed by atoms with Gasteiger partial charge in [0.1, 0.15) is 0 Å². The maximum atomic E-state index is 11.2. The van der Waals surface area contributed by atoms with Gasteiger partial charge in [-0.25, -0.2) is 4.79 Å². The SMILES string of the molecule is CCCCOC(=O)N1CCCC1.Cl. The second kappa shape index (κ2) is 7.01. The van der Waals surface area contributed by atoms with E-state index in [9.17, 15) is 4.79 Å². The van der Waals surface area contributed by atoms with E-state index in [-0.39, 0.29) is 18.5 Å². The minimum Gasteiger partial charge on any atom is -0.449 e. The van der Waals surface area contributed by atoms with Crippen LogP contribution in [0.25, 0.3) is 0 Å². The fraction of sp³-hybridized carbons (Fsp3) is 0.889. The highest BCUT2D eigenvalue weighted by molar-refractivity contribution is 5.85. The fourth-order valence-electron chi connectivity index (χ4n) is 1.29. The summed E-state index contributed by atoms with van der Waals surface area (Å²) in [5, 5.41) is 0. The van der Waals surface area contributed by atoms with E-state index in [0.717, 1.165) is 38.8 Å². The van der Waals surface area contributed by atoms with Crippen LogP contribution in [0.5, 0.6) is 0 Å². The van der Waals surface area contributed by atoms with Crippen molar-refractivity contribution in [3.63, 3.8) is 0 Å². The number of amides is 1. The van der Waals surface area contributed by atoms with Crippen molar-refractivity contribution in [1.29, 1.82) is 0 Å². The Kier molecular flexibility index (Phi) is 6.77. The molecule has 1 aliphatic heterocycles. The quantitative estimate of drug-likeness (QED) is 0.666. The molecule has 0 radical (unpaired) electrons. The zero-order chi connectivity index (χ0) is 8.81.